The van der Waals surface area contributed by atoms with Gasteiger partial charge >= 0.3 is 0 Å². The summed E-state index contributed by atoms with van der Waals surface area (Å²) >= 11 is 0. The maximum absolute atomic E-state index is 12.6. The Morgan fingerprint density at radius 1 is 0.864 bits per heavy atom. The lowest BCUT2D eigenvalue weighted by Gasteiger charge is -2.51. The summed E-state index contributed by atoms with van der Waals surface area (Å²) in [6, 6.07) is 0.436. The van der Waals surface area contributed by atoms with Crippen molar-refractivity contribution in [1.82, 2.24) is 4.90 Å². The van der Waals surface area contributed by atoms with E-state index >= 15 is 0 Å². The number of hydrogen-bond acceptors (Lipinski definition) is 2. The van der Waals surface area contributed by atoms with Gasteiger partial charge in [-0.1, -0.05) is 44.9 Å². The van der Waals surface area contributed by atoms with Crippen LogP contribution in [0.1, 0.15) is 83.5 Å². The van der Waals surface area contributed by atoms with Crippen molar-refractivity contribution in [1.29, 1.82) is 0 Å². The van der Waals surface area contributed by atoms with Gasteiger partial charge in [-0.2, -0.15) is 0 Å². The van der Waals surface area contributed by atoms with Crippen LogP contribution in [0, 0.1) is 11.3 Å². The fraction of sp³-hybridized carbons (Fsp3) is 0.947. The van der Waals surface area contributed by atoms with Gasteiger partial charge in [0.1, 0.15) is 0 Å². The number of amides is 1. The molecule has 0 radical (unpaired) electrons. The SMILES string of the molecule is NC(=O)C1(C(C2CCCCC2)N2CCCCC2)CCCCC1. The molecule has 1 aliphatic heterocycles. The molecule has 2 saturated carbocycles. The Labute approximate surface area is 136 Å². The fourth-order valence-corrected chi connectivity index (χ4v) is 5.62. The maximum atomic E-state index is 12.6. The van der Waals surface area contributed by atoms with Crippen molar-refractivity contribution in [3.63, 3.8) is 0 Å². The predicted octanol–water partition coefficient (Wildman–Crippen LogP) is 3.86. The average Bonchev–Trinajstić information content (AvgIpc) is 2.58. The highest BCUT2D eigenvalue weighted by molar-refractivity contribution is 5.82. The van der Waals surface area contributed by atoms with Crippen LogP contribution in [-0.2, 0) is 4.79 Å². The predicted molar refractivity (Wildman–Crippen MR) is 90.5 cm³/mol. The standard InChI is InChI=1S/C19H34N2O/c20-18(22)19(12-6-2-7-13-19)17(16-10-4-1-5-11-16)21-14-8-3-9-15-21/h16-17H,1-15H2,(H2,20,22). The first-order chi connectivity index (χ1) is 10.7. The second-order valence-electron chi connectivity index (χ2n) is 8.02. The number of primary amides is 1. The summed E-state index contributed by atoms with van der Waals surface area (Å²) in [5, 5.41) is 0. The van der Waals surface area contributed by atoms with Crippen molar-refractivity contribution < 1.29 is 4.79 Å². The molecule has 3 heteroatoms. The molecule has 0 aromatic carbocycles. The van der Waals surface area contributed by atoms with Crippen molar-refractivity contribution in [3.8, 4) is 0 Å². The van der Waals surface area contributed by atoms with Gasteiger partial charge in [0.15, 0.2) is 0 Å². The molecular formula is C19H34N2O. The number of rotatable bonds is 4. The molecule has 1 saturated heterocycles. The molecule has 1 amide bonds. The molecule has 3 nitrogen and oxygen atoms in total. The smallest absolute Gasteiger partial charge is 0.225 e. The Kier molecular flexibility index (Phi) is 5.43. The summed E-state index contributed by atoms with van der Waals surface area (Å²) in [5.41, 5.74) is 5.83. The second-order valence-corrected chi connectivity index (χ2v) is 8.02. The molecule has 2 aliphatic carbocycles. The normalized spacial score (nSPS) is 29.1. The number of carbonyl (C=O) groups is 1. The summed E-state index contributed by atoms with van der Waals surface area (Å²) in [7, 11) is 0. The number of carbonyl (C=O) groups excluding carboxylic acids is 1. The number of hydrogen-bond donors (Lipinski definition) is 1. The average molecular weight is 306 g/mol. The number of nitrogens with zero attached hydrogens (tertiary/aromatic N) is 1. The van der Waals surface area contributed by atoms with Gasteiger partial charge in [-0.05, 0) is 57.5 Å². The first kappa shape index (κ1) is 16.3. The first-order valence-electron chi connectivity index (χ1n) is 9.78. The lowest BCUT2D eigenvalue weighted by molar-refractivity contribution is -0.138. The zero-order valence-electron chi connectivity index (χ0n) is 14.2. The van der Waals surface area contributed by atoms with Gasteiger partial charge in [-0.25, -0.2) is 0 Å². The van der Waals surface area contributed by atoms with Gasteiger partial charge in [0.05, 0.1) is 5.41 Å². The lowest BCUT2D eigenvalue weighted by atomic mass is 9.62. The van der Waals surface area contributed by atoms with Gasteiger partial charge in [-0.15, -0.1) is 0 Å². The van der Waals surface area contributed by atoms with E-state index in [-0.39, 0.29) is 11.3 Å². The van der Waals surface area contributed by atoms with Gasteiger partial charge in [0.2, 0.25) is 5.91 Å². The molecule has 1 atom stereocenters. The summed E-state index contributed by atoms with van der Waals surface area (Å²) in [6.07, 6.45) is 16.4. The highest BCUT2D eigenvalue weighted by Crippen LogP contribution is 2.47. The molecule has 1 unspecified atom stereocenters. The molecule has 1 heterocycles. The van der Waals surface area contributed by atoms with E-state index in [0.29, 0.717) is 12.0 Å². The Morgan fingerprint density at radius 3 is 2.00 bits per heavy atom. The fourth-order valence-electron chi connectivity index (χ4n) is 5.62. The first-order valence-corrected chi connectivity index (χ1v) is 9.78. The Balaban J connectivity index is 1.88. The van der Waals surface area contributed by atoms with Crippen LogP contribution in [0.3, 0.4) is 0 Å². The molecule has 126 valence electrons. The topological polar surface area (TPSA) is 46.3 Å². The van der Waals surface area contributed by atoms with Gasteiger partial charge < -0.3 is 5.73 Å². The zero-order chi connectivity index (χ0) is 15.4. The Hall–Kier alpha value is -0.570. The molecule has 3 rings (SSSR count). The van der Waals surface area contributed by atoms with Crippen LogP contribution >= 0.6 is 0 Å². The highest BCUT2D eigenvalue weighted by Gasteiger charge is 2.50. The second kappa shape index (κ2) is 7.33. The monoisotopic (exact) mass is 306 g/mol. The van der Waals surface area contributed by atoms with Crippen LogP contribution in [-0.4, -0.2) is 29.9 Å². The summed E-state index contributed by atoms with van der Waals surface area (Å²) < 4.78 is 0. The Bertz CT molecular complexity index is 346. The summed E-state index contributed by atoms with van der Waals surface area (Å²) in [4.78, 5) is 15.3. The molecule has 3 aliphatic rings. The molecule has 0 bridgehead atoms. The van der Waals surface area contributed by atoms with E-state index in [1.807, 2.05) is 0 Å². The number of nitrogens with two attached hydrogens (primary N) is 1. The number of likely N-dealkylation sites (tertiary alicyclic amines) is 1. The van der Waals surface area contributed by atoms with E-state index in [0.717, 1.165) is 12.8 Å². The van der Waals surface area contributed by atoms with Crippen molar-refractivity contribution in [2.45, 2.75) is 89.5 Å². The third-order valence-corrected chi connectivity index (χ3v) is 6.68. The van der Waals surface area contributed by atoms with Crippen LogP contribution < -0.4 is 5.73 Å². The quantitative estimate of drug-likeness (QED) is 0.857. The minimum absolute atomic E-state index is 0.00773. The van der Waals surface area contributed by atoms with E-state index in [4.69, 9.17) is 5.73 Å². The summed E-state index contributed by atoms with van der Waals surface area (Å²) in [6.45, 7) is 2.38. The zero-order valence-corrected chi connectivity index (χ0v) is 14.2. The van der Waals surface area contributed by atoms with Crippen LogP contribution in [0.2, 0.25) is 0 Å². The molecule has 3 fully saturated rings. The third kappa shape index (κ3) is 3.20. The van der Waals surface area contributed by atoms with Crippen molar-refractivity contribution in [3.05, 3.63) is 0 Å². The van der Waals surface area contributed by atoms with Crippen LogP contribution in [0.15, 0.2) is 0 Å². The molecule has 0 aromatic rings. The number of piperidine rings is 1. The largest absolute Gasteiger partial charge is 0.369 e. The van der Waals surface area contributed by atoms with E-state index in [9.17, 15) is 4.79 Å². The van der Waals surface area contributed by atoms with Crippen LogP contribution in [0.5, 0.6) is 0 Å². The van der Waals surface area contributed by atoms with E-state index in [1.54, 1.807) is 0 Å². The van der Waals surface area contributed by atoms with Gasteiger partial charge in [-0.3, -0.25) is 9.69 Å². The summed E-state index contributed by atoms with van der Waals surface area (Å²) in [5.74, 6) is 0.714. The van der Waals surface area contributed by atoms with E-state index in [2.05, 4.69) is 4.90 Å². The van der Waals surface area contributed by atoms with Crippen molar-refractivity contribution in [2.75, 3.05) is 13.1 Å². The molecular weight excluding hydrogens is 272 g/mol. The minimum Gasteiger partial charge on any atom is -0.369 e. The van der Waals surface area contributed by atoms with E-state index < -0.39 is 0 Å². The highest BCUT2D eigenvalue weighted by atomic mass is 16.1. The molecule has 2 N–H and O–H groups in total. The van der Waals surface area contributed by atoms with Gasteiger partial charge in [0, 0.05) is 6.04 Å². The van der Waals surface area contributed by atoms with Gasteiger partial charge in [0.25, 0.3) is 0 Å². The molecule has 0 aromatic heterocycles. The van der Waals surface area contributed by atoms with Crippen molar-refractivity contribution >= 4 is 5.91 Å². The van der Waals surface area contributed by atoms with Crippen molar-refractivity contribution in [2.24, 2.45) is 17.1 Å². The molecule has 22 heavy (non-hydrogen) atoms. The lowest BCUT2D eigenvalue weighted by Crippen LogP contribution is -2.59. The minimum atomic E-state index is -0.225. The van der Waals surface area contributed by atoms with Crippen LogP contribution in [0.25, 0.3) is 0 Å². The molecule has 0 spiro atoms. The Morgan fingerprint density at radius 2 is 1.41 bits per heavy atom. The maximum Gasteiger partial charge on any atom is 0.225 e. The van der Waals surface area contributed by atoms with Crippen LogP contribution in [0.4, 0.5) is 0 Å². The third-order valence-electron chi connectivity index (χ3n) is 6.68. The van der Waals surface area contributed by atoms with E-state index in [1.165, 1.54) is 83.7 Å².